The van der Waals surface area contributed by atoms with Crippen molar-refractivity contribution in [2.24, 2.45) is 0 Å². The number of aromatic nitrogens is 2. The SMILES string of the molecule is CCOc1ccc(-c2nn(-c3ccccc3)cc2/C=C2\SC(=S)N(C)C2=O)cc1. The molecule has 0 aliphatic carbocycles. The van der Waals surface area contributed by atoms with Gasteiger partial charge in [-0.15, -0.1) is 0 Å². The summed E-state index contributed by atoms with van der Waals surface area (Å²) in [5.41, 5.74) is 3.54. The fraction of sp³-hybridized carbons (Fsp3) is 0.136. The van der Waals surface area contributed by atoms with E-state index in [4.69, 9.17) is 22.1 Å². The van der Waals surface area contributed by atoms with Crippen LogP contribution < -0.4 is 4.74 Å². The van der Waals surface area contributed by atoms with Crippen LogP contribution in [0.4, 0.5) is 0 Å². The van der Waals surface area contributed by atoms with Gasteiger partial charge in [0.05, 0.1) is 22.9 Å². The van der Waals surface area contributed by atoms with Crippen molar-refractivity contribution < 1.29 is 9.53 Å². The van der Waals surface area contributed by atoms with Gasteiger partial charge >= 0.3 is 0 Å². The van der Waals surface area contributed by atoms with E-state index in [9.17, 15) is 4.79 Å². The first-order valence-electron chi connectivity index (χ1n) is 9.16. The molecule has 0 radical (unpaired) electrons. The number of rotatable bonds is 5. The minimum absolute atomic E-state index is 0.0925. The minimum atomic E-state index is -0.0925. The number of benzene rings is 2. The lowest BCUT2D eigenvalue weighted by Gasteiger charge is -2.05. The Labute approximate surface area is 179 Å². The highest BCUT2D eigenvalue weighted by molar-refractivity contribution is 8.26. The van der Waals surface area contributed by atoms with Crippen LogP contribution in [0, 0.1) is 0 Å². The van der Waals surface area contributed by atoms with Gasteiger partial charge in [-0.3, -0.25) is 9.69 Å². The first-order valence-corrected chi connectivity index (χ1v) is 10.4. The monoisotopic (exact) mass is 421 g/mol. The summed E-state index contributed by atoms with van der Waals surface area (Å²) in [6.07, 6.45) is 3.80. The minimum Gasteiger partial charge on any atom is -0.494 e. The Morgan fingerprint density at radius 3 is 2.48 bits per heavy atom. The van der Waals surface area contributed by atoms with E-state index in [1.807, 2.05) is 78.5 Å². The van der Waals surface area contributed by atoms with Gasteiger partial charge in [-0.25, -0.2) is 4.68 Å². The second-order valence-electron chi connectivity index (χ2n) is 6.41. The molecular weight excluding hydrogens is 402 g/mol. The molecule has 4 rings (SSSR count). The van der Waals surface area contributed by atoms with Gasteiger partial charge in [-0.2, -0.15) is 5.10 Å². The van der Waals surface area contributed by atoms with Gasteiger partial charge in [0.15, 0.2) is 0 Å². The maximum absolute atomic E-state index is 12.5. The molecule has 3 aromatic rings. The summed E-state index contributed by atoms with van der Waals surface area (Å²) < 4.78 is 7.92. The molecule has 0 bridgehead atoms. The molecular formula is C22H19N3O2S2. The summed E-state index contributed by atoms with van der Waals surface area (Å²) in [7, 11) is 1.69. The zero-order valence-corrected chi connectivity index (χ0v) is 17.7. The second-order valence-corrected chi connectivity index (χ2v) is 8.09. The number of thiocarbonyl (C=S) groups is 1. The van der Waals surface area contributed by atoms with Gasteiger partial charge in [0.25, 0.3) is 5.91 Å². The summed E-state index contributed by atoms with van der Waals surface area (Å²) in [5, 5.41) is 4.80. The number of para-hydroxylation sites is 1. The molecule has 0 saturated carbocycles. The van der Waals surface area contributed by atoms with E-state index in [0.717, 1.165) is 28.3 Å². The fourth-order valence-corrected chi connectivity index (χ4v) is 4.16. The molecule has 1 aliphatic rings. The standard InChI is InChI=1S/C22H19N3O2S2/c1-3-27-18-11-9-15(10-12-18)20-16(13-19-21(26)24(2)22(28)29-19)14-25(23-20)17-7-5-4-6-8-17/h4-14H,3H2,1-2H3/b19-13-. The molecule has 2 heterocycles. The molecule has 5 nitrogen and oxygen atoms in total. The van der Waals surface area contributed by atoms with Crippen LogP contribution >= 0.6 is 24.0 Å². The van der Waals surface area contributed by atoms with Crippen molar-refractivity contribution in [3.63, 3.8) is 0 Å². The highest BCUT2D eigenvalue weighted by Gasteiger charge is 2.29. The second kappa shape index (κ2) is 8.23. The molecule has 29 heavy (non-hydrogen) atoms. The third kappa shape index (κ3) is 3.97. The fourth-order valence-electron chi connectivity index (χ4n) is 2.99. The topological polar surface area (TPSA) is 47.4 Å². The number of hydrogen-bond acceptors (Lipinski definition) is 5. The number of nitrogens with zero attached hydrogens (tertiary/aromatic N) is 3. The molecule has 7 heteroatoms. The number of amides is 1. The van der Waals surface area contributed by atoms with Gasteiger partial charge < -0.3 is 4.74 Å². The summed E-state index contributed by atoms with van der Waals surface area (Å²) in [6.45, 7) is 2.57. The van der Waals surface area contributed by atoms with Crippen LogP contribution in [0.5, 0.6) is 5.75 Å². The Morgan fingerprint density at radius 2 is 1.86 bits per heavy atom. The molecule has 2 aromatic carbocycles. The van der Waals surface area contributed by atoms with Crippen LogP contribution in [0.1, 0.15) is 12.5 Å². The molecule has 1 fully saturated rings. The highest BCUT2D eigenvalue weighted by Crippen LogP contribution is 2.34. The Kier molecular flexibility index (Phi) is 5.51. The molecule has 146 valence electrons. The van der Waals surface area contributed by atoms with Crippen molar-refractivity contribution in [3.05, 3.63) is 71.3 Å². The summed E-state index contributed by atoms with van der Waals surface area (Å²) in [5.74, 6) is 0.720. The Bertz CT molecular complexity index is 1090. The van der Waals surface area contributed by atoms with Crippen molar-refractivity contribution in [2.75, 3.05) is 13.7 Å². The number of thioether (sulfide) groups is 1. The van der Waals surface area contributed by atoms with Crippen LogP contribution in [-0.2, 0) is 4.79 Å². The molecule has 1 aromatic heterocycles. The summed E-state index contributed by atoms with van der Waals surface area (Å²) in [6, 6.07) is 17.7. The van der Waals surface area contributed by atoms with Crippen LogP contribution in [0.2, 0.25) is 0 Å². The van der Waals surface area contributed by atoms with Crippen LogP contribution in [0.15, 0.2) is 65.7 Å². The predicted octanol–water partition coefficient (Wildman–Crippen LogP) is 4.77. The molecule has 0 unspecified atom stereocenters. The Balaban J connectivity index is 1.79. The summed E-state index contributed by atoms with van der Waals surface area (Å²) in [4.78, 5) is 14.6. The average molecular weight is 422 g/mol. The molecule has 0 spiro atoms. The van der Waals surface area contributed by atoms with Crippen molar-refractivity contribution >= 4 is 40.3 Å². The predicted molar refractivity (Wildman–Crippen MR) is 121 cm³/mol. The Hall–Kier alpha value is -2.90. The highest BCUT2D eigenvalue weighted by atomic mass is 32.2. The van der Waals surface area contributed by atoms with Crippen molar-refractivity contribution in [1.82, 2.24) is 14.7 Å². The first-order chi connectivity index (χ1) is 14.1. The average Bonchev–Trinajstić information content (AvgIpc) is 3.27. The van der Waals surface area contributed by atoms with Crippen molar-refractivity contribution in [2.45, 2.75) is 6.92 Å². The van der Waals surface area contributed by atoms with Crippen molar-refractivity contribution in [1.29, 1.82) is 0 Å². The van der Waals surface area contributed by atoms with Crippen molar-refractivity contribution in [3.8, 4) is 22.7 Å². The zero-order valence-electron chi connectivity index (χ0n) is 16.0. The largest absolute Gasteiger partial charge is 0.494 e. The van der Waals surface area contributed by atoms with Crippen LogP contribution in [-0.4, -0.2) is 38.6 Å². The lowest BCUT2D eigenvalue weighted by atomic mass is 10.1. The quantitative estimate of drug-likeness (QED) is 0.439. The molecule has 1 aliphatic heterocycles. The zero-order chi connectivity index (χ0) is 20.4. The smallest absolute Gasteiger partial charge is 0.265 e. The molecule has 0 atom stereocenters. The number of likely N-dealkylation sites (N-methyl/N-ethyl adjacent to an activating group) is 1. The number of ether oxygens (including phenoxy) is 1. The lowest BCUT2D eigenvalue weighted by Crippen LogP contribution is -2.22. The third-order valence-electron chi connectivity index (χ3n) is 4.48. The van der Waals surface area contributed by atoms with E-state index >= 15 is 0 Å². The van der Waals surface area contributed by atoms with E-state index in [0.29, 0.717) is 15.8 Å². The van der Waals surface area contributed by atoms with Gasteiger partial charge in [0.1, 0.15) is 10.1 Å². The third-order valence-corrected chi connectivity index (χ3v) is 5.96. The van der Waals surface area contributed by atoms with Crippen LogP contribution in [0.3, 0.4) is 0 Å². The number of carbonyl (C=O) groups excluding carboxylic acids is 1. The van der Waals surface area contributed by atoms with E-state index in [1.54, 1.807) is 7.05 Å². The number of hydrogen-bond donors (Lipinski definition) is 0. The first kappa shape index (κ1) is 19.4. The van der Waals surface area contributed by atoms with Gasteiger partial charge in [-0.1, -0.05) is 42.2 Å². The maximum Gasteiger partial charge on any atom is 0.265 e. The van der Waals surface area contributed by atoms with E-state index in [1.165, 1.54) is 16.7 Å². The molecule has 1 saturated heterocycles. The van der Waals surface area contributed by atoms with Crippen LogP contribution in [0.25, 0.3) is 23.0 Å². The molecule has 0 N–H and O–H groups in total. The van der Waals surface area contributed by atoms with E-state index in [2.05, 4.69) is 0 Å². The van der Waals surface area contributed by atoms with Gasteiger partial charge in [-0.05, 0) is 49.4 Å². The summed E-state index contributed by atoms with van der Waals surface area (Å²) >= 11 is 6.56. The molecule has 1 amide bonds. The van der Waals surface area contributed by atoms with Gasteiger partial charge in [0.2, 0.25) is 0 Å². The van der Waals surface area contributed by atoms with E-state index < -0.39 is 0 Å². The van der Waals surface area contributed by atoms with E-state index in [-0.39, 0.29) is 5.91 Å². The maximum atomic E-state index is 12.5. The number of carbonyl (C=O) groups is 1. The Morgan fingerprint density at radius 1 is 1.14 bits per heavy atom. The van der Waals surface area contributed by atoms with Gasteiger partial charge in [0, 0.05) is 24.4 Å². The normalized spacial score (nSPS) is 15.4. The lowest BCUT2D eigenvalue weighted by molar-refractivity contribution is -0.121.